The molecule has 0 N–H and O–H groups in total. The number of amides is 1. The Bertz CT molecular complexity index is 1250. The van der Waals surface area contributed by atoms with Crippen molar-refractivity contribution < 1.29 is 18.3 Å². The zero-order valence-electron chi connectivity index (χ0n) is 18.0. The lowest BCUT2D eigenvalue weighted by Crippen LogP contribution is -2.42. The zero-order chi connectivity index (χ0) is 22.9. The second-order valence-corrected chi connectivity index (χ2v) is 8.44. The van der Waals surface area contributed by atoms with E-state index in [1.165, 1.54) is 6.07 Å². The number of fused-ring (bicyclic) bond motifs is 1. The van der Waals surface area contributed by atoms with Crippen molar-refractivity contribution in [2.24, 2.45) is 5.92 Å². The van der Waals surface area contributed by atoms with Crippen LogP contribution in [0.3, 0.4) is 0 Å². The van der Waals surface area contributed by atoms with Gasteiger partial charge in [-0.3, -0.25) is 14.6 Å². The number of rotatable bonds is 4. The third kappa shape index (κ3) is 4.18. The van der Waals surface area contributed by atoms with Gasteiger partial charge in [-0.15, -0.1) is 0 Å². The van der Waals surface area contributed by atoms with Crippen LogP contribution in [0.15, 0.2) is 53.5 Å². The highest BCUT2D eigenvalue weighted by atomic mass is 19.1. The van der Waals surface area contributed by atoms with Crippen molar-refractivity contribution in [3.8, 4) is 11.1 Å². The first-order valence-corrected chi connectivity index (χ1v) is 11.0. The molecule has 5 rings (SSSR count). The third-order valence-electron chi connectivity index (χ3n) is 6.33. The first-order chi connectivity index (χ1) is 16.0. The van der Waals surface area contributed by atoms with Gasteiger partial charge in [0.15, 0.2) is 0 Å². The number of halogens is 2. The Hall–Kier alpha value is -3.39. The predicted octanol–water partition coefficient (Wildman–Crippen LogP) is 3.16. The van der Waals surface area contributed by atoms with Crippen molar-refractivity contribution in [2.45, 2.75) is 25.9 Å². The molecule has 2 aromatic heterocycles. The summed E-state index contributed by atoms with van der Waals surface area (Å²) in [4.78, 5) is 32.6. The van der Waals surface area contributed by atoms with Crippen LogP contribution in [-0.2, 0) is 29.0 Å². The molecule has 1 fully saturated rings. The Balaban J connectivity index is 1.59. The van der Waals surface area contributed by atoms with Gasteiger partial charge >= 0.3 is 0 Å². The summed E-state index contributed by atoms with van der Waals surface area (Å²) in [6.45, 7) is 2.05. The number of carbonyl (C=O) groups excluding carboxylic acids is 1. The number of pyridine rings is 2. The highest BCUT2D eigenvalue weighted by molar-refractivity contribution is 5.79. The normalized spacial score (nSPS) is 17.8. The van der Waals surface area contributed by atoms with E-state index < -0.39 is 11.6 Å². The lowest BCUT2D eigenvalue weighted by molar-refractivity contribution is -0.136. The molecule has 1 unspecified atom stereocenters. The predicted molar refractivity (Wildman–Crippen MR) is 117 cm³/mol. The molecule has 0 radical (unpaired) electrons. The van der Waals surface area contributed by atoms with Crippen LogP contribution in [0, 0.1) is 17.6 Å². The van der Waals surface area contributed by atoms with Gasteiger partial charge in [0.2, 0.25) is 5.91 Å². The Morgan fingerprint density at radius 1 is 1.15 bits per heavy atom. The van der Waals surface area contributed by atoms with Crippen LogP contribution in [0.2, 0.25) is 0 Å². The van der Waals surface area contributed by atoms with Gasteiger partial charge in [-0.2, -0.15) is 0 Å². The summed E-state index contributed by atoms with van der Waals surface area (Å²) in [6, 6.07) is 10.3. The number of benzene rings is 1. The molecule has 0 aliphatic carbocycles. The fraction of sp³-hybridized carbons (Fsp3) is 0.320. The molecule has 1 amide bonds. The standard InChI is InChI=1S/C25H23F2N3O3/c26-18-4-5-20(22(27)12-18)21-11-17-13-29(24(31)16-7-10-33-15-16)9-6-23(17)30(25(21)32)14-19-3-1-2-8-28-19/h1-5,8,11-12,16H,6-7,9-10,13-15H2. The van der Waals surface area contributed by atoms with Gasteiger partial charge in [-0.1, -0.05) is 6.07 Å². The number of hydrogen-bond donors (Lipinski definition) is 0. The molecule has 170 valence electrons. The average molecular weight is 451 g/mol. The summed E-state index contributed by atoms with van der Waals surface area (Å²) in [5, 5.41) is 0. The third-order valence-corrected chi connectivity index (χ3v) is 6.33. The molecule has 3 aromatic rings. The van der Waals surface area contributed by atoms with E-state index in [0.29, 0.717) is 44.8 Å². The van der Waals surface area contributed by atoms with E-state index in [9.17, 15) is 18.4 Å². The zero-order valence-corrected chi connectivity index (χ0v) is 18.0. The second-order valence-electron chi connectivity index (χ2n) is 8.44. The first-order valence-electron chi connectivity index (χ1n) is 11.0. The van der Waals surface area contributed by atoms with Crippen molar-refractivity contribution in [2.75, 3.05) is 19.8 Å². The van der Waals surface area contributed by atoms with E-state index in [4.69, 9.17) is 4.74 Å². The topological polar surface area (TPSA) is 64.4 Å². The van der Waals surface area contributed by atoms with Crippen molar-refractivity contribution in [1.82, 2.24) is 14.5 Å². The van der Waals surface area contributed by atoms with Crippen LogP contribution < -0.4 is 5.56 Å². The fourth-order valence-corrected chi connectivity index (χ4v) is 4.62. The minimum atomic E-state index is -0.803. The number of aromatic nitrogens is 2. The summed E-state index contributed by atoms with van der Waals surface area (Å²) in [5.41, 5.74) is 2.09. The van der Waals surface area contributed by atoms with E-state index >= 15 is 0 Å². The molecular formula is C25H23F2N3O3. The van der Waals surface area contributed by atoms with E-state index in [2.05, 4.69) is 4.98 Å². The SMILES string of the molecule is O=C(C1CCOC1)N1CCc2c(cc(-c3ccc(F)cc3F)c(=O)n2Cc2ccccn2)C1. The van der Waals surface area contributed by atoms with Gasteiger partial charge in [0, 0.05) is 49.6 Å². The van der Waals surface area contributed by atoms with Gasteiger partial charge < -0.3 is 14.2 Å². The summed E-state index contributed by atoms with van der Waals surface area (Å²) in [7, 11) is 0. The molecule has 1 saturated heterocycles. The molecule has 0 spiro atoms. The maximum absolute atomic E-state index is 14.6. The van der Waals surface area contributed by atoms with Gasteiger partial charge in [0.1, 0.15) is 11.6 Å². The lowest BCUT2D eigenvalue weighted by atomic mass is 9.97. The molecule has 0 saturated carbocycles. The molecule has 2 aliphatic heterocycles. The molecule has 33 heavy (non-hydrogen) atoms. The van der Waals surface area contributed by atoms with Crippen molar-refractivity contribution in [3.05, 3.63) is 87.6 Å². The van der Waals surface area contributed by atoms with Crippen molar-refractivity contribution in [3.63, 3.8) is 0 Å². The van der Waals surface area contributed by atoms with E-state index in [-0.39, 0.29) is 35.1 Å². The van der Waals surface area contributed by atoms with Crippen LogP contribution in [0.25, 0.3) is 11.1 Å². The molecule has 0 bridgehead atoms. The Morgan fingerprint density at radius 2 is 2.03 bits per heavy atom. The molecule has 6 nitrogen and oxygen atoms in total. The Kier molecular flexibility index (Phi) is 5.76. The summed E-state index contributed by atoms with van der Waals surface area (Å²) < 4.78 is 35.1. The minimum absolute atomic E-state index is 0.0339. The van der Waals surface area contributed by atoms with Crippen LogP contribution in [0.4, 0.5) is 8.78 Å². The average Bonchev–Trinajstić information content (AvgIpc) is 3.36. The molecule has 1 aromatic carbocycles. The van der Waals surface area contributed by atoms with Crippen LogP contribution in [-0.4, -0.2) is 40.1 Å². The molecule has 8 heteroatoms. The number of hydrogen-bond acceptors (Lipinski definition) is 4. The monoisotopic (exact) mass is 451 g/mol. The molecule has 2 aliphatic rings. The summed E-state index contributed by atoms with van der Waals surface area (Å²) in [6.07, 6.45) is 2.86. The second kappa shape index (κ2) is 8.86. The van der Waals surface area contributed by atoms with Crippen LogP contribution in [0.5, 0.6) is 0 Å². The van der Waals surface area contributed by atoms with E-state index in [1.54, 1.807) is 27.8 Å². The van der Waals surface area contributed by atoms with Crippen LogP contribution >= 0.6 is 0 Å². The summed E-state index contributed by atoms with van der Waals surface area (Å²) in [5.74, 6) is -1.63. The molecule has 4 heterocycles. The fourth-order valence-electron chi connectivity index (χ4n) is 4.62. The maximum atomic E-state index is 14.6. The Labute approximate surface area is 189 Å². The molecular weight excluding hydrogens is 428 g/mol. The number of nitrogens with zero attached hydrogens (tertiary/aromatic N) is 3. The minimum Gasteiger partial charge on any atom is -0.381 e. The Morgan fingerprint density at radius 3 is 2.76 bits per heavy atom. The quantitative estimate of drug-likeness (QED) is 0.611. The number of carbonyl (C=O) groups is 1. The highest BCUT2D eigenvalue weighted by Gasteiger charge is 2.31. The lowest BCUT2D eigenvalue weighted by Gasteiger charge is -2.32. The van der Waals surface area contributed by atoms with Crippen molar-refractivity contribution in [1.29, 1.82) is 0 Å². The summed E-state index contributed by atoms with van der Waals surface area (Å²) >= 11 is 0. The molecule has 1 atom stereocenters. The number of ether oxygens (including phenoxy) is 1. The van der Waals surface area contributed by atoms with Gasteiger partial charge in [0.05, 0.1) is 30.3 Å². The first kappa shape index (κ1) is 21.5. The highest BCUT2D eigenvalue weighted by Crippen LogP contribution is 2.28. The largest absolute Gasteiger partial charge is 0.381 e. The van der Waals surface area contributed by atoms with Gasteiger partial charge in [-0.25, -0.2) is 8.78 Å². The smallest absolute Gasteiger partial charge is 0.259 e. The van der Waals surface area contributed by atoms with E-state index in [0.717, 1.165) is 23.4 Å². The van der Waals surface area contributed by atoms with Crippen molar-refractivity contribution >= 4 is 5.91 Å². The van der Waals surface area contributed by atoms with Crippen LogP contribution in [0.1, 0.15) is 23.4 Å². The van der Waals surface area contributed by atoms with E-state index in [1.807, 2.05) is 12.1 Å². The maximum Gasteiger partial charge on any atom is 0.259 e. The van der Waals surface area contributed by atoms with Gasteiger partial charge in [0.25, 0.3) is 5.56 Å². The van der Waals surface area contributed by atoms with Gasteiger partial charge in [-0.05, 0) is 42.3 Å².